The zero-order chi connectivity index (χ0) is 13.1. The molecule has 0 aromatic heterocycles. The number of nitrogens with one attached hydrogen (secondary N) is 1. The van der Waals surface area contributed by atoms with E-state index in [9.17, 15) is 0 Å². The highest BCUT2D eigenvalue weighted by Crippen LogP contribution is 2.33. The van der Waals surface area contributed by atoms with Gasteiger partial charge in [0.2, 0.25) is 0 Å². The second-order valence-electron chi connectivity index (χ2n) is 5.33. The van der Waals surface area contributed by atoms with Gasteiger partial charge in [0, 0.05) is 25.7 Å². The van der Waals surface area contributed by atoms with Crippen molar-refractivity contribution in [3.8, 4) is 5.75 Å². The fourth-order valence-electron chi connectivity index (χ4n) is 2.49. The molecule has 0 bridgehead atoms. The van der Waals surface area contributed by atoms with Crippen molar-refractivity contribution >= 4 is 5.69 Å². The Morgan fingerprint density at radius 3 is 2.78 bits per heavy atom. The molecule has 1 aromatic carbocycles. The Morgan fingerprint density at radius 1 is 1.39 bits per heavy atom. The van der Waals surface area contributed by atoms with Crippen LogP contribution in [-0.2, 0) is 0 Å². The quantitative estimate of drug-likeness (QED) is 0.890. The summed E-state index contributed by atoms with van der Waals surface area (Å²) in [7, 11) is 1.76. The Morgan fingerprint density at radius 2 is 2.17 bits per heavy atom. The summed E-state index contributed by atoms with van der Waals surface area (Å²) >= 11 is 0. The van der Waals surface area contributed by atoms with Gasteiger partial charge in [0.05, 0.1) is 12.8 Å². The van der Waals surface area contributed by atoms with Crippen LogP contribution < -0.4 is 15.0 Å². The van der Waals surface area contributed by atoms with E-state index < -0.39 is 0 Å². The molecule has 0 saturated carbocycles. The van der Waals surface area contributed by atoms with E-state index in [1.54, 1.807) is 7.11 Å². The van der Waals surface area contributed by atoms with Crippen molar-refractivity contribution in [2.45, 2.75) is 32.7 Å². The van der Waals surface area contributed by atoms with Crippen molar-refractivity contribution in [1.82, 2.24) is 5.32 Å². The second-order valence-corrected chi connectivity index (χ2v) is 5.33. The highest BCUT2D eigenvalue weighted by Gasteiger charge is 2.21. The maximum Gasteiger partial charge on any atom is 0.142 e. The molecule has 1 aromatic rings. The van der Waals surface area contributed by atoms with Gasteiger partial charge >= 0.3 is 0 Å². The van der Waals surface area contributed by atoms with Gasteiger partial charge in [0.25, 0.3) is 0 Å². The third-order valence-corrected chi connectivity index (χ3v) is 3.68. The number of piperazine rings is 1. The zero-order valence-electron chi connectivity index (χ0n) is 11.9. The van der Waals surface area contributed by atoms with E-state index in [2.05, 4.69) is 49.2 Å². The van der Waals surface area contributed by atoms with E-state index in [1.165, 1.54) is 11.3 Å². The number of nitrogens with zero attached hydrogens (tertiary/aromatic N) is 1. The number of benzene rings is 1. The molecule has 1 fully saturated rings. The van der Waals surface area contributed by atoms with Crippen LogP contribution in [0.2, 0.25) is 0 Å². The number of anilines is 1. The van der Waals surface area contributed by atoms with E-state index in [-0.39, 0.29) is 0 Å². The van der Waals surface area contributed by atoms with Gasteiger partial charge in [-0.1, -0.05) is 19.9 Å². The Kier molecular flexibility index (Phi) is 4.12. The third kappa shape index (κ3) is 2.61. The summed E-state index contributed by atoms with van der Waals surface area (Å²) in [6.45, 7) is 9.79. The minimum Gasteiger partial charge on any atom is -0.495 e. The number of ether oxygens (including phenoxy) is 1. The summed E-state index contributed by atoms with van der Waals surface area (Å²) in [5, 5.41) is 3.42. The van der Waals surface area contributed by atoms with Gasteiger partial charge in [0.1, 0.15) is 5.75 Å². The van der Waals surface area contributed by atoms with E-state index in [0.29, 0.717) is 12.0 Å². The van der Waals surface area contributed by atoms with Crippen molar-refractivity contribution in [1.29, 1.82) is 0 Å². The second kappa shape index (κ2) is 5.61. The van der Waals surface area contributed by atoms with Crippen LogP contribution in [0.5, 0.6) is 5.75 Å². The first-order valence-electron chi connectivity index (χ1n) is 6.78. The molecule has 2 rings (SSSR count). The van der Waals surface area contributed by atoms with Crippen LogP contribution in [-0.4, -0.2) is 32.8 Å². The molecule has 0 aliphatic carbocycles. The highest BCUT2D eigenvalue weighted by molar-refractivity contribution is 5.61. The molecule has 18 heavy (non-hydrogen) atoms. The summed E-state index contributed by atoms with van der Waals surface area (Å²) in [5.74, 6) is 1.53. The molecule has 100 valence electrons. The molecule has 1 N–H and O–H groups in total. The fraction of sp³-hybridized carbons (Fsp3) is 0.600. The van der Waals surface area contributed by atoms with Crippen molar-refractivity contribution in [3.05, 3.63) is 23.8 Å². The van der Waals surface area contributed by atoms with E-state index >= 15 is 0 Å². The number of hydrogen-bond acceptors (Lipinski definition) is 3. The van der Waals surface area contributed by atoms with Crippen LogP contribution in [0, 0.1) is 0 Å². The summed E-state index contributed by atoms with van der Waals surface area (Å²) in [5.41, 5.74) is 2.55. The minimum absolute atomic E-state index is 0.512. The van der Waals surface area contributed by atoms with Crippen LogP contribution in [0.1, 0.15) is 32.3 Å². The first kappa shape index (κ1) is 13.2. The van der Waals surface area contributed by atoms with Crippen LogP contribution in [0.25, 0.3) is 0 Å². The lowest BCUT2D eigenvalue weighted by atomic mass is 10.0. The van der Waals surface area contributed by atoms with Gasteiger partial charge in [-0.2, -0.15) is 0 Å². The van der Waals surface area contributed by atoms with Crippen LogP contribution in [0.3, 0.4) is 0 Å². The summed E-state index contributed by atoms with van der Waals surface area (Å²) in [6.07, 6.45) is 0. The molecule has 3 heteroatoms. The van der Waals surface area contributed by atoms with Gasteiger partial charge < -0.3 is 15.0 Å². The minimum atomic E-state index is 0.512. The molecule has 0 unspecified atom stereocenters. The number of hydrogen-bond donors (Lipinski definition) is 1. The van der Waals surface area contributed by atoms with Gasteiger partial charge in [-0.15, -0.1) is 0 Å². The molecular weight excluding hydrogens is 224 g/mol. The normalized spacial score (nSPS) is 20.3. The maximum absolute atomic E-state index is 5.58. The Hall–Kier alpha value is -1.22. The zero-order valence-corrected chi connectivity index (χ0v) is 11.9. The third-order valence-electron chi connectivity index (χ3n) is 3.68. The van der Waals surface area contributed by atoms with Gasteiger partial charge in [-0.3, -0.25) is 0 Å². The Labute approximate surface area is 110 Å². The SMILES string of the molecule is COc1cc(C(C)C)ccc1N1CCNC[C@H]1C. The lowest BCUT2D eigenvalue weighted by molar-refractivity contribution is 0.408. The van der Waals surface area contributed by atoms with Gasteiger partial charge in [-0.05, 0) is 30.5 Å². The molecule has 1 aliphatic heterocycles. The lowest BCUT2D eigenvalue weighted by Gasteiger charge is -2.36. The van der Waals surface area contributed by atoms with Crippen LogP contribution in [0.4, 0.5) is 5.69 Å². The van der Waals surface area contributed by atoms with Crippen molar-refractivity contribution < 1.29 is 4.74 Å². The Bertz CT molecular complexity index is 403. The average molecular weight is 248 g/mol. The maximum atomic E-state index is 5.58. The van der Waals surface area contributed by atoms with Crippen LogP contribution in [0.15, 0.2) is 18.2 Å². The van der Waals surface area contributed by atoms with E-state index in [1.807, 2.05) is 0 Å². The van der Waals surface area contributed by atoms with Crippen LogP contribution >= 0.6 is 0 Å². The molecule has 0 spiro atoms. The Balaban J connectivity index is 2.31. The standard InChI is InChI=1S/C15H24N2O/c1-11(2)13-5-6-14(15(9-13)18-4)17-8-7-16-10-12(17)3/h5-6,9,11-12,16H,7-8,10H2,1-4H3/t12-/m1/s1. The molecule has 1 atom stereocenters. The molecule has 0 radical (unpaired) electrons. The smallest absolute Gasteiger partial charge is 0.142 e. The number of methoxy groups -OCH3 is 1. The molecular formula is C15H24N2O. The van der Waals surface area contributed by atoms with Gasteiger partial charge in [0.15, 0.2) is 0 Å². The van der Waals surface area contributed by atoms with Gasteiger partial charge in [-0.25, -0.2) is 0 Å². The first-order valence-corrected chi connectivity index (χ1v) is 6.78. The molecule has 1 heterocycles. The van der Waals surface area contributed by atoms with Crippen molar-refractivity contribution in [2.24, 2.45) is 0 Å². The molecule has 3 nitrogen and oxygen atoms in total. The van der Waals surface area contributed by atoms with Crippen molar-refractivity contribution in [2.75, 3.05) is 31.6 Å². The van der Waals surface area contributed by atoms with E-state index in [0.717, 1.165) is 25.4 Å². The fourth-order valence-corrected chi connectivity index (χ4v) is 2.49. The average Bonchev–Trinajstić information content (AvgIpc) is 2.38. The molecule has 1 aliphatic rings. The lowest BCUT2D eigenvalue weighted by Crippen LogP contribution is -2.50. The summed E-state index contributed by atoms with van der Waals surface area (Å²) < 4.78 is 5.58. The largest absolute Gasteiger partial charge is 0.495 e. The topological polar surface area (TPSA) is 24.5 Å². The summed E-state index contributed by atoms with van der Waals surface area (Å²) in [4.78, 5) is 2.43. The van der Waals surface area contributed by atoms with E-state index in [4.69, 9.17) is 4.74 Å². The predicted molar refractivity (Wildman–Crippen MR) is 76.8 cm³/mol. The van der Waals surface area contributed by atoms with Crippen molar-refractivity contribution in [3.63, 3.8) is 0 Å². The number of rotatable bonds is 3. The molecule has 1 saturated heterocycles. The first-order chi connectivity index (χ1) is 8.63. The monoisotopic (exact) mass is 248 g/mol. The molecule has 0 amide bonds. The highest BCUT2D eigenvalue weighted by atomic mass is 16.5. The summed E-state index contributed by atoms with van der Waals surface area (Å²) in [6, 6.07) is 7.11. The predicted octanol–water partition coefficient (Wildman–Crippen LogP) is 2.62.